The first-order valence-corrected chi connectivity index (χ1v) is 9.61. The highest BCUT2D eigenvalue weighted by atomic mass is 35.5. The van der Waals surface area contributed by atoms with Gasteiger partial charge >= 0.3 is 11.8 Å². The first-order valence-electron chi connectivity index (χ1n) is 8.85. The minimum atomic E-state index is -0.912. The number of hydrogen-bond donors (Lipinski definition) is 3. The molecule has 0 aliphatic rings. The lowest BCUT2D eigenvalue weighted by Crippen LogP contribution is -2.34. The molecule has 0 saturated carbocycles. The van der Waals surface area contributed by atoms with Gasteiger partial charge < -0.3 is 25.1 Å². The molecule has 0 atom stereocenters. The number of methoxy groups -OCH3 is 1. The standard InChI is InChI=1S/C20H18Cl2N4O5/c1-30-5-4-24-18(27)12(10-23)6-16-2-3-17(31-16)11-25-19(28)20(29)26-15-8-13(21)7-14(22)9-15/h2-3,6-9H,4-5,11H2,1H3,(H,24,27)(H,25,28)(H,26,29)/b12-6-. The smallest absolute Gasteiger partial charge is 0.313 e. The monoisotopic (exact) mass is 464 g/mol. The van der Waals surface area contributed by atoms with E-state index in [0.717, 1.165) is 0 Å². The number of ether oxygens (including phenoxy) is 1. The van der Waals surface area contributed by atoms with Crippen LogP contribution in [0.2, 0.25) is 10.0 Å². The van der Waals surface area contributed by atoms with Crippen molar-refractivity contribution >= 4 is 52.7 Å². The van der Waals surface area contributed by atoms with Crippen LogP contribution in [0.5, 0.6) is 0 Å². The van der Waals surface area contributed by atoms with Gasteiger partial charge in [-0.2, -0.15) is 5.26 Å². The average Bonchev–Trinajstić information content (AvgIpc) is 3.17. The van der Waals surface area contributed by atoms with Crippen molar-refractivity contribution in [2.45, 2.75) is 6.54 Å². The van der Waals surface area contributed by atoms with E-state index in [2.05, 4.69) is 16.0 Å². The van der Waals surface area contributed by atoms with E-state index in [4.69, 9.17) is 37.6 Å². The molecule has 0 aliphatic carbocycles. The average molecular weight is 465 g/mol. The summed E-state index contributed by atoms with van der Waals surface area (Å²) < 4.78 is 10.3. The van der Waals surface area contributed by atoms with Gasteiger partial charge in [0.05, 0.1) is 13.2 Å². The second-order valence-corrected chi connectivity index (χ2v) is 6.89. The van der Waals surface area contributed by atoms with Gasteiger partial charge in [-0.05, 0) is 30.3 Å². The predicted molar refractivity (Wildman–Crippen MR) is 114 cm³/mol. The number of carbonyl (C=O) groups is 3. The molecular formula is C20H18Cl2N4O5. The number of amides is 3. The zero-order valence-electron chi connectivity index (χ0n) is 16.3. The zero-order valence-corrected chi connectivity index (χ0v) is 17.8. The molecule has 162 valence electrons. The Morgan fingerprint density at radius 3 is 2.45 bits per heavy atom. The van der Waals surface area contributed by atoms with Crippen LogP contribution < -0.4 is 16.0 Å². The van der Waals surface area contributed by atoms with Crippen LogP contribution in [-0.2, 0) is 25.7 Å². The van der Waals surface area contributed by atoms with Crippen molar-refractivity contribution in [3.05, 3.63) is 57.5 Å². The number of nitrogens with zero attached hydrogens (tertiary/aromatic N) is 1. The SMILES string of the molecule is COCCNC(=O)/C(C#N)=C\c1ccc(CNC(=O)C(=O)Nc2cc(Cl)cc(Cl)c2)o1. The molecule has 0 radical (unpaired) electrons. The van der Waals surface area contributed by atoms with E-state index in [9.17, 15) is 14.4 Å². The quantitative estimate of drug-likeness (QED) is 0.238. The molecule has 1 aromatic heterocycles. The molecule has 2 aromatic rings. The minimum absolute atomic E-state index is 0.0850. The lowest BCUT2D eigenvalue weighted by atomic mass is 10.2. The predicted octanol–water partition coefficient (Wildman–Crippen LogP) is 2.51. The maximum absolute atomic E-state index is 12.0. The number of nitrogens with one attached hydrogen (secondary N) is 3. The summed E-state index contributed by atoms with van der Waals surface area (Å²) in [6.07, 6.45) is 1.27. The lowest BCUT2D eigenvalue weighted by molar-refractivity contribution is -0.136. The highest BCUT2D eigenvalue weighted by molar-refractivity contribution is 6.40. The van der Waals surface area contributed by atoms with Crippen molar-refractivity contribution in [3.8, 4) is 6.07 Å². The number of rotatable bonds is 8. The Morgan fingerprint density at radius 2 is 1.81 bits per heavy atom. The summed E-state index contributed by atoms with van der Waals surface area (Å²) in [7, 11) is 1.49. The third kappa shape index (κ3) is 7.79. The van der Waals surface area contributed by atoms with Crippen LogP contribution in [0.4, 0.5) is 5.69 Å². The molecule has 0 spiro atoms. The Morgan fingerprint density at radius 1 is 1.10 bits per heavy atom. The molecule has 1 heterocycles. The van der Waals surface area contributed by atoms with Gasteiger partial charge in [0.25, 0.3) is 5.91 Å². The molecular weight excluding hydrogens is 447 g/mol. The highest BCUT2D eigenvalue weighted by Crippen LogP contribution is 2.22. The third-order valence-corrected chi connectivity index (χ3v) is 4.11. The Hall–Kier alpha value is -3.32. The van der Waals surface area contributed by atoms with Gasteiger partial charge in [-0.25, -0.2) is 0 Å². The van der Waals surface area contributed by atoms with E-state index in [1.54, 1.807) is 12.1 Å². The molecule has 0 unspecified atom stereocenters. The summed E-state index contributed by atoms with van der Waals surface area (Å²) in [4.78, 5) is 35.9. The van der Waals surface area contributed by atoms with Gasteiger partial charge in [-0.1, -0.05) is 23.2 Å². The molecule has 9 nitrogen and oxygen atoms in total. The number of furan rings is 1. The van der Waals surface area contributed by atoms with Crippen LogP contribution >= 0.6 is 23.2 Å². The summed E-state index contributed by atoms with van der Waals surface area (Å²) in [6, 6.07) is 9.23. The molecule has 3 amide bonds. The van der Waals surface area contributed by atoms with Gasteiger partial charge in [-0.15, -0.1) is 0 Å². The molecule has 1 aromatic carbocycles. The van der Waals surface area contributed by atoms with Crippen molar-refractivity contribution < 1.29 is 23.5 Å². The van der Waals surface area contributed by atoms with Crippen molar-refractivity contribution in [3.63, 3.8) is 0 Å². The molecule has 0 aliphatic heterocycles. The van der Waals surface area contributed by atoms with Crippen molar-refractivity contribution in [2.75, 3.05) is 25.6 Å². The van der Waals surface area contributed by atoms with Crippen LogP contribution in [0.1, 0.15) is 11.5 Å². The minimum Gasteiger partial charge on any atom is -0.460 e. The first kappa shape index (κ1) is 24.0. The molecule has 0 fully saturated rings. The van der Waals surface area contributed by atoms with Crippen molar-refractivity contribution in [2.24, 2.45) is 0 Å². The molecule has 2 rings (SSSR count). The summed E-state index contributed by atoms with van der Waals surface area (Å²) in [5.74, 6) is -1.83. The van der Waals surface area contributed by atoms with E-state index in [-0.39, 0.29) is 30.1 Å². The van der Waals surface area contributed by atoms with E-state index in [1.165, 1.54) is 37.5 Å². The third-order valence-electron chi connectivity index (χ3n) is 3.68. The molecule has 31 heavy (non-hydrogen) atoms. The summed E-state index contributed by atoms with van der Waals surface area (Å²) in [6.45, 7) is 0.485. The summed E-state index contributed by atoms with van der Waals surface area (Å²) in [5.41, 5.74) is 0.122. The Balaban J connectivity index is 1.91. The lowest BCUT2D eigenvalue weighted by Gasteiger charge is -2.06. The zero-order chi connectivity index (χ0) is 22.8. The largest absolute Gasteiger partial charge is 0.460 e. The van der Waals surface area contributed by atoms with Gasteiger partial charge in [0.2, 0.25) is 0 Å². The van der Waals surface area contributed by atoms with Crippen LogP contribution in [0.3, 0.4) is 0 Å². The van der Waals surface area contributed by atoms with Gasteiger partial charge in [0.1, 0.15) is 23.2 Å². The fourth-order valence-corrected chi connectivity index (χ4v) is 2.81. The van der Waals surface area contributed by atoms with E-state index < -0.39 is 17.7 Å². The fourth-order valence-electron chi connectivity index (χ4n) is 2.28. The molecule has 0 saturated heterocycles. The second kappa shape index (κ2) is 11.8. The first-order chi connectivity index (χ1) is 14.8. The number of hydrogen-bond acceptors (Lipinski definition) is 6. The van der Waals surface area contributed by atoms with Crippen molar-refractivity contribution in [1.29, 1.82) is 5.26 Å². The number of halogens is 2. The van der Waals surface area contributed by atoms with Crippen LogP contribution in [-0.4, -0.2) is 38.0 Å². The van der Waals surface area contributed by atoms with E-state index in [1.807, 2.05) is 0 Å². The number of anilines is 1. The Kier molecular flexibility index (Phi) is 9.09. The Bertz CT molecular complexity index is 1020. The van der Waals surface area contributed by atoms with Crippen LogP contribution in [0.25, 0.3) is 6.08 Å². The van der Waals surface area contributed by atoms with Gasteiger partial charge in [-0.3, -0.25) is 14.4 Å². The fraction of sp³-hybridized carbons (Fsp3) is 0.200. The maximum Gasteiger partial charge on any atom is 0.313 e. The molecule has 3 N–H and O–H groups in total. The summed E-state index contributed by atoms with van der Waals surface area (Å²) >= 11 is 11.7. The Labute approximate surface area is 187 Å². The van der Waals surface area contributed by atoms with Gasteiger partial charge in [0.15, 0.2) is 0 Å². The molecule has 0 bridgehead atoms. The highest BCUT2D eigenvalue weighted by Gasteiger charge is 2.15. The van der Waals surface area contributed by atoms with Crippen molar-refractivity contribution in [1.82, 2.24) is 10.6 Å². The maximum atomic E-state index is 12.0. The van der Waals surface area contributed by atoms with Crippen LogP contribution in [0, 0.1) is 11.3 Å². The normalized spacial score (nSPS) is 10.8. The molecule has 11 heteroatoms. The van der Waals surface area contributed by atoms with Gasteiger partial charge in [0, 0.05) is 35.5 Å². The topological polar surface area (TPSA) is 133 Å². The number of carbonyl (C=O) groups excluding carboxylic acids is 3. The second-order valence-electron chi connectivity index (χ2n) is 6.02. The van der Waals surface area contributed by atoms with Crippen LogP contribution in [0.15, 0.2) is 40.3 Å². The number of benzene rings is 1. The van der Waals surface area contributed by atoms with E-state index >= 15 is 0 Å². The summed E-state index contributed by atoms with van der Waals surface area (Å²) in [5, 5.41) is 17.1. The number of nitriles is 1. The van der Waals surface area contributed by atoms with E-state index in [0.29, 0.717) is 22.4 Å².